The number of nitrogens with one attached hydrogen (secondary N) is 1. The monoisotopic (exact) mass is 314 g/mol. The summed E-state index contributed by atoms with van der Waals surface area (Å²) in [5.41, 5.74) is -0.158. The van der Waals surface area contributed by atoms with Crippen LogP contribution in [0, 0.1) is 5.82 Å². The lowest BCUT2D eigenvalue weighted by molar-refractivity contribution is -0.0563. The highest BCUT2D eigenvalue weighted by Gasteiger charge is 2.42. The van der Waals surface area contributed by atoms with Gasteiger partial charge in [-0.25, -0.2) is 18.0 Å². The van der Waals surface area contributed by atoms with Gasteiger partial charge in [-0.15, -0.1) is 0 Å². The van der Waals surface area contributed by atoms with Crippen molar-refractivity contribution >= 4 is 23.5 Å². The Morgan fingerprint density at radius 3 is 2.45 bits per heavy atom. The molecular weight excluding hydrogens is 303 g/mol. The molecule has 0 radical (unpaired) electrons. The summed E-state index contributed by atoms with van der Waals surface area (Å²) in [6, 6.07) is 2.17. The summed E-state index contributed by atoms with van der Waals surface area (Å²) in [6.07, 6.45) is -3.86. The van der Waals surface area contributed by atoms with Crippen LogP contribution in [0.25, 0.3) is 0 Å². The van der Waals surface area contributed by atoms with Gasteiger partial charge < -0.3 is 5.32 Å². The minimum absolute atomic E-state index is 0.158. The molecule has 9 heteroatoms. The normalized spacial score (nSPS) is 11.6. The lowest BCUT2D eigenvalue weighted by Crippen LogP contribution is -2.35. The zero-order valence-corrected chi connectivity index (χ0v) is 11.3. The molecule has 0 spiro atoms. The van der Waals surface area contributed by atoms with E-state index < -0.39 is 35.3 Å². The second-order valence-electron chi connectivity index (χ2n) is 3.69. The molecule has 1 aromatic carbocycles. The first-order valence-electron chi connectivity index (χ1n) is 5.29. The van der Waals surface area contributed by atoms with Crippen LogP contribution in [0.15, 0.2) is 23.1 Å². The highest BCUT2D eigenvalue weighted by Crippen LogP contribution is 2.41. The van der Waals surface area contributed by atoms with Gasteiger partial charge in [-0.05, 0) is 30.0 Å². The predicted octanol–water partition coefficient (Wildman–Crippen LogP) is 3.55. The summed E-state index contributed by atoms with van der Waals surface area (Å²) >= 11 is -0.440. The van der Waals surface area contributed by atoms with Crippen LogP contribution in [0.1, 0.15) is 0 Å². The van der Waals surface area contributed by atoms with E-state index in [1.54, 1.807) is 0 Å². The number of alkyl halides is 4. The molecule has 0 bridgehead atoms. The largest absolute Gasteiger partial charge is 0.357 e. The highest BCUT2D eigenvalue weighted by molar-refractivity contribution is 8.00. The maximum atomic E-state index is 13.7. The van der Waals surface area contributed by atoms with Crippen molar-refractivity contribution < 1.29 is 26.7 Å². The third-order valence-corrected chi connectivity index (χ3v) is 3.25. The van der Waals surface area contributed by atoms with Crippen LogP contribution in [-0.2, 0) is 0 Å². The Hall–Kier alpha value is -1.51. The molecular formula is C11H11F5N2OS. The van der Waals surface area contributed by atoms with Gasteiger partial charge in [0.25, 0.3) is 0 Å². The van der Waals surface area contributed by atoms with Crippen molar-refractivity contribution in [3.8, 4) is 0 Å². The molecule has 0 aliphatic rings. The van der Waals surface area contributed by atoms with Gasteiger partial charge in [-0.3, -0.25) is 4.90 Å². The number of rotatable bonds is 4. The van der Waals surface area contributed by atoms with Crippen molar-refractivity contribution in [1.82, 2.24) is 5.32 Å². The minimum atomic E-state index is -4.30. The van der Waals surface area contributed by atoms with Gasteiger partial charge in [0.05, 0.1) is 5.69 Å². The molecule has 3 nitrogen and oxygen atoms in total. The number of halogens is 5. The van der Waals surface area contributed by atoms with Crippen LogP contribution in [0.5, 0.6) is 0 Å². The molecule has 20 heavy (non-hydrogen) atoms. The first kappa shape index (κ1) is 16.5. The zero-order valence-electron chi connectivity index (χ0n) is 10.5. The van der Waals surface area contributed by atoms with Gasteiger partial charge in [0.2, 0.25) is 0 Å². The summed E-state index contributed by atoms with van der Waals surface area (Å²) in [5.74, 6) is -0.967. The molecule has 0 saturated heterocycles. The van der Waals surface area contributed by atoms with Crippen molar-refractivity contribution in [3.63, 3.8) is 0 Å². The molecule has 0 atom stereocenters. The summed E-state index contributed by atoms with van der Waals surface area (Å²) in [6.45, 7) is 0. The fourth-order valence-corrected chi connectivity index (χ4v) is 2.00. The number of hydrogen-bond donors (Lipinski definition) is 1. The summed E-state index contributed by atoms with van der Waals surface area (Å²) < 4.78 is 63.4. The lowest BCUT2D eigenvalue weighted by Gasteiger charge is -2.19. The van der Waals surface area contributed by atoms with Crippen LogP contribution < -0.4 is 10.2 Å². The van der Waals surface area contributed by atoms with Gasteiger partial charge in [0.1, 0.15) is 5.82 Å². The Labute approximate surface area is 116 Å². The second-order valence-corrected chi connectivity index (χ2v) is 4.91. The van der Waals surface area contributed by atoms with E-state index in [0.717, 1.165) is 17.0 Å². The molecule has 112 valence electrons. The Balaban J connectivity index is 2.97. The summed E-state index contributed by atoms with van der Waals surface area (Å²) in [4.78, 5) is 11.9. The number of hydrogen-bond acceptors (Lipinski definition) is 2. The average Bonchev–Trinajstić information content (AvgIpc) is 2.36. The Bertz CT molecular complexity index is 498. The quantitative estimate of drug-likeness (QED) is 0.681. The molecule has 0 aliphatic heterocycles. The SMILES string of the molecule is CNC(=O)N(C)c1ccc(SC(F)(F)C(F)F)cc1F. The van der Waals surface area contributed by atoms with Gasteiger partial charge in [0, 0.05) is 19.0 Å². The topological polar surface area (TPSA) is 32.3 Å². The van der Waals surface area contributed by atoms with Crippen LogP contribution in [0.3, 0.4) is 0 Å². The number of carbonyl (C=O) groups excluding carboxylic acids is 1. The van der Waals surface area contributed by atoms with Crippen molar-refractivity contribution in [1.29, 1.82) is 0 Å². The maximum absolute atomic E-state index is 13.7. The summed E-state index contributed by atoms with van der Waals surface area (Å²) in [5, 5.41) is -2.05. The van der Waals surface area contributed by atoms with E-state index in [1.165, 1.54) is 14.1 Å². The molecule has 0 aliphatic carbocycles. The maximum Gasteiger partial charge on any atom is 0.357 e. The number of thioether (sulfide) groups is 1. The number of urea groups is 1. The van der Waals surface area contributed by atoms with E-state index in [9.17, 15) is 26.7 Å². The molecule has 0 unspecified atom stereocenters. The number of nitrogens with zero attached hydrogens (tertiary/aromatic N) is 1. The van der Waals surface area contributed by atoms with Crippen LogP contribution in [0.4, 0.5) is 32.4 Å². The predicted molar refractivity (Wildman–Crippen MR) is 66.1 cm³/mol. The molecule has 0 fully saturated rings. The number of benzene rings is 1. The Morgan fingerprint density at radius 1 is 1.40 bits per heavy atom. The molecule has 0 saturated carbocycles. The van der Waals surface area contributed by atoms with E-state index in [0.29, 0.717) is 6.07 Å². The number of amides is 2. The van der Waals surface area contributed by atoms with E-state index in [4.69, 9.17) is 0 Å². The van der Waals surface area contributed by atoms with Gasteiger partial charge in [-0.2, -0.15) is 8.78 Å². The van der Waals surface area contributed by atoms with E-state index in [-0.39, 0.29) is 10.6 Å². The molecule has 1 rings (SSSR count). The van der Waals surface area contributed by atoms with Gasteiger partial charge >= 0.3 is 17.7 Å². The fraction of sp³-hybridized carbons (Fsp3) is 0.364. The third-order valence-electron chi connectivity index (χ3n) is 2.31. The highest BCUT2D eigenvalue weighted by atomic mass is 32.2. The minimum Gasteiger partial charge on any atom is -0.341 e. The molecule has 2 amide bonds. The standard InChI is InChI=1S/C11H11F5N2OS/c1-17-10(19)18(2)8-4-3-6(5-7(8)12)20-11(15,16)9(13)14/h3-5,9H,1-2H3,(H,17,19). The molecule has 0 heterocycles. The van der Waals surface area contributed by atoms with Crippen LogP contribution in [0.2, 0.25) is 0 Å². The summed E-state index contributed by atoms with van der Waals surface area (Å²) in [7, 11) is 2.61. The zero-order chi connectivity index (χ0) is 15.5. The molecule has 1 N–H and O–H groups in total. The van der Waals surface area contributed by atoms with Gasteiger partial charge in [0.15, 0.2) is 0 Å². The second kappa shape index (κ2) is 6.29. The van der Waals surface area contributed by atoms with Crippen molar-refractivity contribution in [2.75, 3.05) is 19.0 Å². The van der Waals surface area contributed by atoms with E-state index in [1.807, 2.05) is 0 Å². The number of carbonyl (C=O) groups is 1. The number of anilines is 1. The fourth-order valence-electron chi connectivity index (χ4n) is 1.30. The van der Waals surface area contributed by atoms with Crippen molar-refractivity contribution in [2.24, 2.45) is 0 Å². The van der Waals surface area contributed by atoms with Crippen LogP contribution >= 0.6 is 11.8 Å². The molecule has 0 aromatic heterocycles. The molecule has 1 aromatic rings. The van der Waals surface area contributed by atoms with Crippen molar-refractivity contribution in [2.45, 2.75) is 16.6 Å². The lowest BCUT2D eigenvalue weighted by atomic mass is 10.3. The average molecular weight is 314 g/mol. The van der Waals surface area contributed by atoms with Crippen LogP contribution in [-0.4, -0.2) is 31.8 Å². The first-order chi connectivity index (χ1) is 9.19. The van der Waals surface area contributed by atoms with E-state index in [2.05, 4.69) is 5.32 Å². The van der Waals surface area contributed by atoms with E-state index >= 15 is 0 Å². The Morgan fingerprint density at radius 2 is 2.00 bits per heavy atom. The third kappa shape index (κ3) is 3.75. The Kier molecular flexibility index (Phi) is 5.21. The van der Waals surface area contributed by atoms with Gasteiger partial charge in [-0.1, -0.05) is 0 Å². The smallest absolute Gasteiger partial charge is 0.341 e. The van der Waals surface area contributed by atoms with Crippen molar-refractivity contribution in [3.05, 3.63) is 24.0 Å². The first-order valence-corrected chi connectivity index (χ1v) is 6.10.